The minimum Gasteiger partial charge on any atom is -0.493 e. The lowest BCUT2D eigenvalue weighted by molar-refractivity contribution is -0.00160. The topological polar surface area (TPSA) is 95.9 Å². The molecule has 0 saturated carbocycles. The molecule has 0 fully saturated rings. The summed E-state index contributed by atoms with van der Waals surface area (Å²) in [6.45, 7) is 0.393. The molecule has 1 amide bonds. The molecule has 7 nitrogen and oxygen atoms in total. The average molecular weight is 390 g/mol. The van der Waals surface area contributed by atoms with Gasteiger partial charge in [-0.3, -0.25) is 4.79 Å². The molecule has 0 saturated heterocycles. The van der Waals surface area contributed by atoms with E-state index in [2.05, 4.69) is 5.32 Å². The highest BCUT2D eigenvalue weighted by atomic mass is 32.2. The second-order valence-electron chi connectivity index (χ2n) is 6.62. The predicted octanol–water partition coefficient (Wildman–Crippen LogP) is 1.34. The summed E-state index contributed by atoms with van der Waals surface area (Å²) in [5, 5.41) is 13.7. The summed E-state index contributed by atoms with van der Waals surface area (Å²) >= 11 is 0. The van der Waals surface area contributed by atoms with Gasteiger partial charge in [-0.05, 0) is 30.3 Å². The van der Waals surface area contributed by atoms with E-state index < -0.39 is 15.6 Å². The molecular weight excluding hydrogens is 368 g/mol. The quantitative estimate of drug-likeness (QED) is 0.803. The number of amides is 1. The molecule has 2 aromatic rings. The lowest BCUT2D eigenvalue weighted by atomic mass is 9.88. The van der Waals surface area contributed by atoms with Crippen molar-refractivity contribution in [1.82, 2.24) is 9.62 Å². The Kier molecular flexibility index (Phi) is 5.23. The van der Waals surface area contributed by atoms with Gasteiger partial charge in [0.2, 0.25) is 10.0 Å². The number of carbonyl (C=O) groups excluding carboxylic acids is 1. The summed E-state index contributed by atoms with van der Waals surface area (Å²) in [6, 6.07) is 12.9. The third kappa shape index (κ3) is 3.83. The predicted molar refractivity (Wildman–Crippen MR) is 100 cm³/mol. The number of nitrogens with zero attached hydrogens (tertiary/aromatic N) is 1. The van der Waals surface area contributed by atoms with E-state index in [4.69, 9.17) is 4.74 Å². The van der Waals surface area contributed by atoms with Crippen molar-refractivity contribution in [1.29, 1.82) is 0 Å². The molecule has 0 unspecified atom stereocenters. The van der Waals surface area contributed by atoms with Crippen LogP contribution in [0.25, 0.3) is 0 Å². The van der Waals surface area contributed by atoms with E-state index >= 15 is 0 Å². The van der Waals surface area contributed by atoms with E-state index in [0.717, 1.165) is 4.31 Å². The van der Waals surface area contributed by atoms with Crippen LogP contribution in [0.4, 0.5) is 0 Å². The van der Waals surface area contributed by atoms with Gasteiger partial charge in [0.25, 0.3) is 5.91 Å². The molecule has 0 bridgehead atoms. The van der Waals surface area contributed by atoms with Crippen molar-refractivity contribution in [3.8, 4) is 5.75 Å². The van der Waals surface area contributed by atoms with Crippen LogP contribution in [0, 0.1) is 0 Å². The lowest BCUT2D eigenvalue weighted by Gasteiger charge is -2.34. The van der Waals surface area contributed by atoms with Crippen molar-refractivity contribution in [2.45, 2.75) is 16.9 Å². The minimum absolute atomic E-state index is 0.0317. The molecule has 1 heterocycles. The van der Waals surface area contributed by atoms with Gasteiger partial charge in [-0.2, -0.15) is 0 Å². The van der Waals surface area contributed by atoms with Gasteiger partial charge in [0.15, 0.2) is 0 Å². The molecule has 1 aliphatic heterocycles. The van der Waals surface area contributed by atoms with E-state index in [1.807, 2.05) is 12.1 Å². The zero-order valence-corrected chi connectivity index (χ0v) is 16.0. The molecule has 3 rings (SSSR count). The first kappa shape index (κ1) is 19.3. The van der Waals surface area contributed by atoms with Gasteiger partial charge in [0.05, 0.1) is 18.0 Å². The number of benzene rings is 2. The van der Waals surface area contributed by atoms with Crippen LogP contribution >= 0.6 is 0 Å². The largest absolute Gasteiger partial charge is 0.493 e. The Hall–Kier alpha value is -2.42. The Bertz CT molecular complexity index is 941. The fraction of sp³-hybridized carbons (Fsp3) is 0.316. The molecule has 144 valence electrons. The SMILES string of the molecule is CN(C)S(=O)(=O)c1ccc(C(=O)NC[C@@]2(O)CCOc3ccccc32)cc1. The van der Waals surface area contributed by atoms with Gasteiger partial charge >= 0.3 is 0 Å². The van der Waals surface area contributed by atoms with Crippen molar-refractivity contribution in [3.05, 3.63) is 59.7 Å². The molecule has 1 aliphatic rings. The third-order valence-electron chi connectivity index (χ3n) is 4.60. The number of para-hydroxylation sites is 1. The van der Waals surface area contributed by atoms with E-state index in [9.17, 15) is 18.3 Å². The van der Waals surface area contributed by atoms with E-state index in [-0.39, 0.29) is 17.3 Å². The maximum absolute atomic E-state index is 12.4. The Morgan fingerprint density at radius 3 is 2.52 bits per heavy atom. The van der Waals surface area contributed by atoms with Gasteiger partial charge in [-0.1, -0.05) is 18.2 Å². The number of hydrogen-bond donors (Lipinski definition) is 2. The number of carbonyl (C=O) groups is 1. The zero-order chi connectivity index (χ0) is 19.7. The molecule has 2 N–H and O–H groups in total. The molecule has 0 aliphatic carbocycles. The highest BCUT2D eigenvalue weighted by Gasteiger charge is 2.35. The number of sulfonamides is 1. The molecule has 1 atom stereocenters. The van der Waals surface area contributed by atoms with Crippen LogP contribution in [-0.4, -0.2) is 51.0 Å². The maximum atomic E-state index is 12.4. The van der Waals surface area contributed by atoms with Gasteiger partial charge < -0.3 is 15.2 Å². The van der Waals surface area contributed by atoms with Crippen LogP contribution in [0.3, 0.4) is 0 Å². The molecule has 0 aromatic heterocycles. The first-order valence-electron chi connectivity index (χ1n) is 8.49. The summed E-state index contributed by atoms with van der Waals surface area (Å²) in [5.74, 6) is 0.222. The van der Waals surface area contributed by atoms with Crippen LogP contribution in [-0.2, 0) is 15.6 Å². The number of nitrogens with one attached hydrogen (secondary N) is 1. The monoisotopic (exact) mass is 390 g/mol. The lowest BCUT2D eigenvalue weighted by Crippen LogP contribution is -2.43. The molecular formula is C19H22N2O5S. The van der Waals surface area contributed by atoms with Crippen LogP contribution in [0.1, 0.15) is 22.3 Å². The average Bonchev–Trinajstić information content (AvgIpc) is 2.66. The normalized spacial score (nSPS) is 19.3. The zero-order valence-electron chi connectivity index (χ0n) is 15.2. The Labute approximate surface area is 158 Å². The van der Waals surface area contributed by atoms with Crippen molar-refractivity contribution >= 4 is 15.9 Å². The van der Waals surface area contributed by atoms with E-state index in [1.165, 1.54) is 38.4 Å². The van der Waals surface area contributed by atoms with E-state index in [0.29, 0.717) is 29.9 Å². The number of rotatable bonds is 5. The molecule has 2 aromatic carbocycles. The maximum Gasteiger partial charge on any atom is 0.251 e. The van der Waals surface area contributed by atoms with Crippen LogP contribution in [0.5, 0.6) is 5.75 Å². The van der Waals surface area contributed by atoms with Crippen molar-refractivity contribution in [2.75, 3.05) is 27.2 Å². The highest BCUT2D eigenvalue weighted by Crippen LogP contribution is 2.36. The molecule has 0 radical (unpaired) electrons. The van der Waals surface area contributed by atoms with Crippen LogP contribution in [0.2, 0.25) is 0 Å². The van der Waals surface area contributed by atoms with E-state index in [1.54, 1.807) is 12.1 Å². The summed E-state index contributed by atoms with van der Waals surface area (Å²) in [5.41, 5.74) is -0.251. The number of hydrogen-bond acceptors (Lipinski definition) is 5. The second-order valence-corrected chi connectivity index (χ2v) is 8.77. The Morgan fingerprint density at radius 1 is 1.19 bits per heavy atom. The Balaban J connectivity index is 1.72. The first-order valence-corrected chi connectivity index (χ1v) is 9.93. The standard InChI is InChI=1S/C19H22N2O5S/c1-21(2)27(24,25)15-9-7-14(8-10-15)18(22)20-13-19(23)11-12-26-17-6-4-3-5-16(17)19/h3-10,23H,11-13H2,1-2H3,(H,20,22)/t19-/m0/s1. The molecule has 0 spiro atoms. The fourth-order valence-electron chi connectivity index (χ4n) is 2.94. The number of aliphatic hydroxyl groups is 1. The number of fused-ring (bicyclic) bond motifs is 1. The smallest absolute Gasteiger partial charge is 0.251 e. The highest BCUT2D eigenvalue weighted by molar-refractivity contribution is 7.89. The van der Waals surface area contributed by atoms with Gasteiger partial charge in [-0.25, -0.2) is 12.7 Å². The summed E-state index contributed by atoms with van der Waals surface area (Å²) in [7, 11) is -0.651. The summed E-state index contributed by atoms with van der Waals surface area (Å²) < 4.78 is 30.8. The van der Waals surface area contributed by atoms with Gasteiger partial charge in [0, 0.05) is 31.6 Å². The second kappa shape index (κ2) is 7.30. The van der Waals surface area contributed by atoms with Gasteiger partial charge in [-0.15, -0.1) is 0 Å². The van der Waals surface area contributed by atoms with Gasteiger partial charge in [0.1, 0.15) is 11.4 Å². The summed E-state index contributed by atoms with van der Waals surface area (Å²) in [4.78, 5) is 12.5. The fourth-order valence-corrected chi connectivity index (χ4v) is 3.84. The minimum atomic E-state index is -3.54. The molecule has 8 heteroatoms. The summed E-state index contributed by atoms with van der Waals surface area (Å²) in [6.07, 6.45) is 0.365. The molecule has 27 heavy (non-hydrogen) atoms. The van der Waals surface area contributed by atoms with Crippen LogP contribution < -0.4 is 10.1 Å². The Morgan fingerprint density at radius 2 is 1.85 bits per heavy atom. The first-order chi connectivity index (χ1) is 12.7. The van der Waals surface area contributed by atoms with Crippen molar-refractivity contribution in [3.63, 3.8) is 0 Å². The van der Waals surface area contributed by atoms with Crippen molar-refractivity contribution in [2.24, 2.45) is 0 Å². The van der Waals surface area contributed by atoms with Crippen LogP contribution in [0.15, 0.2) is 53.4 Å². The number of ether oxygens (including phenoxy) is 1. The third-order valence-corrected chi connectivity index (χ3v) is 6.43. The van der Waals surface area contributed by atoms with Crippen molar-refractivity contribution < 1.29 is 23.1 Å².